The Morgan fingerprint density at radius 3 is 2.00 bits per heavy atom. The molecule has 3 aliphatic heterocycles. The summed E-state index contributed by atoms with van der Waals surface area (Å²) in [6.45, 7) is -1.14. The van der Waals surface area contributed by atoms with Crippen molar-refractivity contribution in [2.24, 2.45) is 13.0 Å². The number of phosphoric acid groups is 4. The zero-order valence-electron chi connectivity index (χ0n) is 44.1. The molecule has 1 amide bonds. The van der Waals surface area contributed by atoms with Crippen LogP contribution in [0.25, 0.3) is 33.5 Å². The fourth-order valence-electron chi connectivity index (χ4n) is 9.69. The predicted octanol–water partition coefficient (Wildman–Crippen LogP) is -3.00. The molecule has 9 rings (SSSR count). The summed E-state index contributed by atoms with van der Waals surface area (Å²) in [7, 11) is -21.3. The third-order valence-corrected chi connectivity index (χ3v) is 18.7. The maximum atomic E-state index is 13.7. The third-order valence-electron chi connectivity index (χ3n) is 13.5. The Balaban J connectivity index is 0.874. The Morgan fingerprint density at radius 2 is 1.32 bits per heavy atom. The molecule has 0 bridgehead atoms. The highest BCUT2D eigenvalue weighted by atomic mass is 31.3. The van der Waals surface area contributed by atoms with Crippen LogP contribution >= 0.6 is 31.3 Å². The molecule has 0 aliphatic carbocycles. The summed E-state index contributed by atoms with van der Waals surface area (Å²) in [6, 6.07) is 0. The van der Waals surface area contributed by atoms with Crippen molar-refractivity contribution < 1.29 is 108 Å². The molecule has 3 aliphatic rings. The first-order valence-corrected chi connectivity index (χ1v) is 31.1. The Labute approximate surface area is 470 Å². The van der Waals surface area contributed by atoms with Crippen LogP contribution in [-0.2, 0) is 75.8 Å². The number of anilines is 3. The maximum absolute atomic E-state index is 13.7. The van der Waals surface area contributed by atoms with E-state index in [0.717, 1.165) is 49.9 Å². The number of hydrogen-bond donors (Lipinski definition) is 12. The van der Waals surface area contributed by atoms with Gasteiger partial charge in [-0.15, -0.1) is 0 Å². The van der Waals surface area contributed by atoms with Crippen LogP contribution in [0.4, 0.5) is 17.7 Å². The molecule has 462 valence electrons. The van der Waals surface area contributed by atoms with Gasteiger partial charge in [0, 0.05) is 26.0 Å². The van der Waals surface area contributed by atoms with Gasteiger partial charge >= 0.3 is 29.0 Å². The van der Waals surface area contributed by atoms with E-state index in [2.05, 4.69) is 53.8 Å². The number of H-pyrrole nitrogens is 2. The highest BCUT2D eigenvalue weighted by Crippen LogP contribution is 2.68. The highest BCUT2D eigenvalue weighted by molar-refractivity contribution is 7.66. The average molecular weight is 1270 g/mol. The minimum atomic E-state index is -6.26. The molecule has 84 heavy (non-hydrogen) atoms. The van der Waals surface area contributed by atoms with Gasteiger partial charge in [-0.1, -0.05) is 26.2 Å². The van der Waals surface area contributed by atoms with Crippen molar-refractivity contribution in [2.75, 3.05) is 50.7 Å². The number of carbonyl (C=O) groups excluding carboxylic acids is 1. The number of aliphatic hydroxyl groups is 3. The van der Waals surface area contributed by atoms with Crippen LogP contribution in [-0.4, -0.2) is 172 Å². The summed E-state index contributed by atoms with van der Waals surface area (Å²) >= 11 is 0. The number of hydrogen-bond acceptors (Lipinski definition) is 30. The number of carbonyl (C=O) groups is 1. The molecule has 16 atom stereocenters. The van der Waals surface area contributed by atoms with Crippen LogP contribution in [0.2, 0.25) is 0 Å². The van der Waals surface area contributed by atoms with Crippen molar-refractivity contribution in [3.05, 3.63) is 46.0 Å². The van der Waals surface area contributed by atoms with Crippen molar-refractivity contribution in [1.29, 1.82) is 0 Å². The monoisotopic (exact) mass is 1270 g/mol. The number of unbranched alkanes of at least 4 members (excludes halogenated alkanes) is 3. The fourth-order valence-corrected chi connectivity index (χ4v) is 14.2. The SMILES string of the molecule is CCCCCCNC(=O)C[C@H]1[C@@H](O)[C@H](n2c[n+](C)c3c(=O)[nH]c(N)nc32)O[C@@H]1COP(=O)(O)OP(=O)(O)OP(=O)(O)OC[C@H]1O[C@@H](n2cnc3c(N)ncnc32)[C@H](OC)[C@@H]1OP(=O)([O-])OC[C@H]1O[C@@H](n2cnc3c(=O)[nH]c(N)nc32)[C@H](O)[C@@H]1O. The van der Waals surface area contributed by atoms with E-state index in [4.69, 9.17) is 54.2 Å². The molecule has 6 aromatic rings. The molecule has 3 fully saturated rings. The van der Waals surface area contributed by atoms with Gasteiger partial charge in [0.05, 0.1) is 45.6 Å². The number of imidazole rings is 3. The minimum Gasteiger partial charge on any atom is -0.756 e. The number of nitrogen functional groups attached to an aromatic ring is 3. The van der Waals surface area contributed by atoms with Gasteiger partial charge in [0.1, 0.15) is 54.6 Å². The summed E-state index contributed by atoms with van der Waals surface area (Å²) < 4.78 is 111. The highest BCUT2D eigenvalue weighted by Gasteiger charge is 2.53. The lowest BCUT2D eigenvalue weighted by Gasteiger charge is -2.31. The molecule has 6 aromatic heterocycles. The van der Waals surface area contributed by atoms with Crippen molar-refractivity contribution >= 4 is 88.4 Å². The van der Waals surface area contributed by atoms with Crippen LogP contribution in [0.15, 0.2) is 34.9 Å². The first-order valence-electron chi connectivity index (χ1n) is 25.2. The third kappa shape index (κ3) is 13.6. The second kappa shape index (κ2) is 25.0. The number of ether oxygens (including phenoxy) is 4. The number of aliphatic hydroxyl groups excluding tert-OH is 3. The second-order valence-electron chi connectivity index (χ2n) is 19.2. The number of aromatic amines is 2. The molecule has 0 spiro atoms. The number of methoxy groups -OCH3 is 1. The van der Waals surface area contributed by atoms with E-state index >= 15 is 0 Å². The lowest BCUT2D eigenvalue weighted by atomic mass is 9.94. The van der Waals surface area contributed by atoms with Crippen LogP contribution in [0.1, 0.15) is 57.7 Å². The standard InChI is InChI=1S/C40H58N16O24P4/c1-4-5-6-7-8-44-21(57)9-17-18(75-36(25(17)58)56-16-53(2)24-33(56)50-40(43)52-35(24)62)10-73-82(65,66)79-84(69,70)80-83(67,68)74-12-20-28(29(71-3)38(77-20)54-14-47-22-30(41)45-13-46-31(22)54)78-81(63,64)72-11-19-26(59)27(60)37(76-19)55-15-48-23-32(55)49-39(42)51-34(23)61/h13-20,25-29,36-38,58-60H,4-12H2,1-3H3,(H12-,41,42,43,44,45,46,49,50,51,52,57,61,62,63,64,65,66,67,68,69,70)/t17-,18-,19-,20-,25-,26-,27-,28-,29-,36-,37-,38-/m1/s1. The molecule has 0 radical (unpaired) electrons. The van der Waals surface area contributed by atoms with Gasteiger partial charge in [0.2, 0.25) is 30.4 Å². The van der Waals surface area contributed by atoms with E-state index in [1.165, 1.54) is 27.1 Å². The van der Waals surface area contributed by atoms with Gasteiger partial charge in [0.15, 0.2) is 35.1 Å². The van der Waals surface area contributed by atoms with Gasteiger partial charge in [-0.2, -0.15) is 23.2 Å². The molecule has 15 N–H and O–H groups in total. The normalized spacial score (nSPS) is 28.4. The Kier molecular flexibility index (Phi) is 18.7. The number of aromatic nitrogens is 12. The molecule has 3 saturated heterocycles. The molecule has 9 heterocycles. The van der Waals surface area contributed by atoms with Crippen molar-refractivity contribution in [3.63, 3.8) is 0 Å². The van der Waals surface area contributed by atoms with Gasteiger partial charge in [-0.05, 0) is 6.42 Å². The summed E-state index contributed by atoms with van der Waals surface area (Å²) in [5, 5.41) is 36.1. The summed E-state index contributed by atoms with van der Waals surface area (Å²) in [5.74, 6) is -2.55. The fraction of sp³-hybridized carbons (Fsp3) is 0.600. The molecule has 0 saturated carbocycles. The van der Waals surface area contributed by atoms with E-state index in [0.29, 0.717) is 6.42 Å². The molecule has 44 heteroatoms. The Bertz CT molecular complexity index is 3720. The van der Waals surface area contributed by atoms with Crippen LogP contribution in [0, 0.1) is 5.92 Å². The number of nitrogens with two attached hydrogens (primary N) is 3. The van der Waals surface area contributed by atoms with Crippen molar-refractivity contribution in [1.82, 2.24) is 58.9 Å². The number of rotatable bonds is 26. The second-order valence-corrected chi connectivity index (χ2v) is 25.2. The van der Waals surface area contributed by atoms with E-state index in [-0.39, 0.29) is 57.8 Å². The number of aryl methyl sites for hydroxylation is 1. The summed E-state index contributed by atoms with van der Waals surface area (Å²) in [4.78, 5) is 113. The number of fused-ring (bicyclic) bond motifs is 3. The quantitative estimate of drug-likeness (QED) is 0.0146. The number of phosphoric ester groups is 3. The van der Waals surface area contributed by atoms with E-state index in [1.54, 1.807) is 0 Å². The van der Waals surface area contributed by atoms with Crippen LogP contribution < -0.4 is 43.1 Å². The minimum absolute atomic E-state index is 0.00638. The van der Waals surface area contributed by atoms with Crippen molar-refractivity contribution in [2.45, 2.75) is 107 Å². The first-order chi connectivity index (χ1) is 39.6. The van der Waals surface area contributed by atoms with Gasteiger partial charge in [-0.25, -0.2) is 38.2 Å². The zero-order valence-corrected chi connectivity index (χ0v) is 47.7. The lowest BCUT2D eigenvalue weighted by molar-refractivity contribution is -0.646. The van der Waals surface area contributed by atoms with Crippen LogP contribution in [0.5, 0.6) is 0 Å². The van der Waals surface area contributed by atoms with E-state index in [9.17, 15) is 67.5 Å². The zero-order chi connectivity index (χ0) is 60.8. The van der Waals surface area contributed by atoms with Crippen molar-refractivity contribution in [3.8, 4) is 0 Å². The van der Waals surface area contributed by atoms with E-state index < -0.39 is 148 Å². The largest absolute Gasteiger partial charge is 0.756 e. The lowest BCUT2D eigenvalue weighted by Crippen LogP contribution is -2.39. The first kappa shape index (κ1) is 62.9. The molecule has 4 unspecified atom stereocenters. The molecule has 0 aromatic carbocycles. The van der Waals surface area contributed by atoms with Gasteiger partial charge in [0.25, 0.3) is 24.5 Å². The maximum Gasteiger partial charge on any atom is 0.490 e. The van der Waals surface area contributed by atoms with E-state index in [1.807, 2.05) is 6.92 Å². The number of amides is 1. The van der Waals surface area contributed by atoms with Gasteiger partial charge in [-0.3, -0.25) is 47.1 Å². The summed E-state index contributed by atoms with van der Waals surface area (Å²) in [6.07, 6.45) is -11.0. The molecular formula is C40H58N16O24P4. The molecular weight excluding hydrogens is 1210 g/mol. The average Bonchev–Trinajstić information content (AvgIpc) is 4.47. The van der Waals surface area contributed by atoms with Gasteiger partial charge < -0.3 is 85.4 Å². The number of nitrogens with zero attached hydrogens (tertiary/aromatic N) is 10. The number of nitrogens with one attached hydrogen (secondary N) is 3. The Morgan fingerprint density at radius 1 is 0.726 bits per heavy atom. The molecule has 40 nitrogen and oxygen atoms in total. The topological polar surface area (TPSA) is 574 Å². The predicted molar refractivity (Wildman–Crippen MR) is 276 cm³/mol. The van der Waals surface area contributed by atoms with Crippen LogP contribution in [0.3, 0.4) is 0 Å². The Hall–Kier alpha value is -5.64. The smallest absolute Gasteiger partial charge is 0.490 e. The summed E-state index contributed by atoms with van der Waals surface area (Å²) in [5.41, 5.74) is 15.6.